The van der Waals surface area contributed by atoms with Crippen molar-refractivity contribution >= 4 is 46.3 Å². The number of benzene rings is 2. The zero-order valence-corrected chi connectivity index (χ0v) is 13.8. The summed E-state index contributed by atoms with van der Waals surface area (Å²) in [5, 5.41) is 14.0. The number of nitriles is 1. The molecule has 0 atom stereocenters. The van der Waals surface area contributed by atoms with Crippen molar-refractivity contribution in [2.45, 2.75) is 0 Å². The van der Waals surface area contributed by atoms with Crippen molar-refractivity contribution in [2.24, 2.45) is 0 Å². The molecule has 0 fully saturated rings. The van der Waals surface area contributed by atoms with Gasteiger partial charge < -0.3 is 10.1 Å². The molecule has 2 aromatic carbocycles. The lowest BCUT2D eigenvalue weighted by Gasteiger charge is -2.13. The van der Waals surface area contributed by atoms with Crippen molar-refractivity contribution in [1.82, 2.24) is 4.98 Å². The first-order valence-electron chi connectivity index (χ1n) is 6.61. The van der Waals surface area contributed by atoms with Gasteiger partial charge >= 0.3 is 0 Å². The van der Waals surface area contributed by atoms with Crippen LogP contribution in [-0.2, 0) is 0 Å². The van der Waals surface area contributed by atoms with E-state index in [-0.39, 0.29) is 12.4 Å². The van der Waals surface area contributed by atoms with E-state index in [1.54, 1.807) is 19.2 Å². The summed E-state index contributed by atoms with van der Waals surface area (Å²) in [5.41, 5.74) is 2.65. The smallest absolute Gasteiger partial charge is 0.145 e. The lowest BCUT2D eigenvalue weighted by molar-refractivity contribution is 0.419. The van der Waals surface area contributed by atoms with Crippen molar-refractivity contribution in [2.75, 3.05) is 12.4 Å². The predicted octanol–water partition coefficient (Wildman–Crippen LogP) is 4.93. The highest BCUT2D eigenvalue weighted by Gasteiger charge is 2.12. The minimum atomic E-state index is 0. The van der Waals surface area contributed by atoms with Gasteiger partial charge in [0.1, 0.15) is 17.3 Å². The first kappa shape index (κ1) is 16.9. The molecule has 4 nitrogen and oxygen atoms in total. The lowest BCUT2D eigenvalue weighted by atomic mass is 10.1. The number of pyridine rings is 1. The maximum Gasteiger partial charge on any atom is 0.145 e. The highest BCUT2D eigenvalue weighted by Crippen LogP contribution is 2.33. The van der Waals surface area contributed by atoms with E-state index in [9.17, 15) is 5.26 Å². The van der Waals surface area contributed by atoms with Crippen molar-refractivity contribution < 1.29 is 4.74 Å². The largest absolute Gasteiger partial charge is 0.494 e. The van der Waals surface area contributed by atoms with Crippen LogP contribution in [-0.4, -0.2) is 12.1 Å². The van der Waals surface area contributed by atoms with E-state index in [1.807, 2.05) is 30.3 Å². The van der Waals surface area contributed by atoms with Gasteiger partial charge in [0.2, 0.25) is 0 Å². The molecule has 1 aromatic heterocycles. The number of anilines is 2. The molecule has 0 bridgehead atoms. The summed E-state index contributed by atoms with van der Waals surface area (Å²) >= 11 is 6.01. The first-order chi connectivity index (χ1) is 10.7. The molecule has 116 valence electrons. The molecule has 0 unspecified atom stereocenters. The molecule has 0 aliphatic rings. The number of fused-ring (bicyclic) bond motifs is 1. The molecule has 0 saturated heterocycles. The molecule has 3 rings (SSSR count). The van der Waals surface area contributed by atoms with E-state index in [2.05, 4.69) is 16.4 Å². The quantitative estimate of drug-likeness (QED) is 0.730. The zero-order chi connectivity index (χ0) is 15.5. The SMILES string of the molecule is COc1cccc2c(Nc3cccc(Cl)c3)c(C#N)cnc12.Cl. The van der Waals surface area contributed by atoms with Gasteiger partial charge in [-0.2, -0.15) is 5.26 Å². The van der Waals surface area contributed by atoms with E-state index in [1.165, 1.54) is 6.20 Å². The van der Waals surface area contributed by atoms with Gasteiger partial charge in [-0.3, -0.25) is 4.98 Å². The van der Waals surface area contributed by atoms with E-state index >= 15 is 0 Å². The number of hydrogen-bond donors (Lipinski definition) is 1. The Kier molecular flexibility index (Phi) is 5.28. The van der Waals surface area contributed by atoms with E-state index in [0.29, 0.717) is 27.5 Å². The summed E-state index contributed by atoms with van der Waals surface area (Å²) in [6.45, 7) is 0. The number of aromatic nitrogens is 1. The average Bonchev–Trinajstić information content (AvgIpc) is 2.54. The summed E-state index contributed by atoms with van der Waals surface area (Å²) in [7, 11) is 1.60. The Morgan fingerprint density at radius 1 is 1.22 bits per heavy atom. The fourth-order valence-corrected chi connectivity index (χ4v) is 2.48. The molecule has 0 amide bonds. The topological polar surface area (TPSA) is 57.9 Å². The first-order valence-corrected chi connectivity index (χ1v) is 6.99. The fraction of sp³-hybridized carbons (Fsp3) is 0.0588. The molecule has 6 heteroatoms. The fourth-order valence-electron chi connectivity index (χ4n) is 2.29. The van der Waals surface area contributed by atoms with Crippen LogP contribution in [0.15, 0.2) is 48.7 Å². The van der Waals surface area contributed by atoms with Gasteiger partial charge in [0.05, 0.1) is 18.4 Å². The molecular formula is C17H13Cl2N3O. The normalized spacial score (nSPS) is 9.78. The Morgan fingerprint density at radius 3 is 2.70 bits per heavy atom. The third kappa shape index (κ3) is 3.31. The molecule has 23 heavy (non-hydrogen) atoms. The molecular weight excluding hydrogens is 333 g/mol. The van der Waals surface area contributed by atoms with Crippen molar-refractivity contribution in [3.05, 3.63) is 59.2 Å². The van der Waals surface area contributed by atoms with Crippen molar-refractivity contribution in [3.63, 3.8) is 0 Å². The maximum atomic E-state index is 9.35. The lowest BCUT2D eigenvalue weighted by Crippen LogP contribution is -1.98. The van der Waals surface area contributed by atoms with Gasteiger partial charge in [0.25, 0.3) is 0 Å². The number of rotatable bonds is 3. The summed E-state index contributed by atoms with van der Waals surface area (Å²) in [4.78, 5) is 4.33. The highest BCUT2D eigenvalue weighted by atomic mass is 35.5. The molecule has 1 heterocycles. The van der Waals surface area contributed by atoms with Crippen molar-refractivity contribution in [3.8, 4) is 11.8 Å². The monoisotopic (exact) mass is 345 g/mol. The maximum absolute atomic E-state index is 9.35. The van der Waals surface area contributed by atoms with Crippen LogP contribution in [0.4, 0.5) is 11.4 Å². The van der Waals surface area contributed by atoms with Gasteiger partial charge in [-0.15, -0.1) is 12.4 Å². The van der Waals surface area contributed by atoms with Gasteiger partial charge in [-0.1, -0.05) is 29.8 Å². The number of methoxy groups -OCH3 is 1. The average molecular weight is 346 g/mol. The zero-order valence-electron chi connectivity index (χ0n) is 12.2. The second kappa shape index (κ2) is 7.19. The summed E-state index contributed by atoms with van der Waals surface area (Å²) in [5.74, 6) is 0.663. The van der Waals surface area contributed by atoms with Crippen LogP contribution in [0.5, 0.6) is 5.75 Å². The summed E-state index contributed by atoms with van der Waals surface area (Å²) < 4.78 is 5.33. The van der Waals surface area contributed by atoms with Crippen LogP contribution in [0, 0.1) is 11.3 Å². The minimum absolute atomic E-state index is 0. The number of nitrogens with one attached hydrogen (secondary N) is 1. The van der Waals surface area contributed by atoms with Crippen LogP contribution in [0.1, 0.15) is 5.56 Å². The Hall–Kier alpha value is -2.48. The van der Waals surface area contributed by atoms with Crippen molar-refractivity contribution in [1.29, 1.82) is 5.26 Å². The third-order valence-corrected chi connectivity index (χ3v) is 3.53. The second-order valence-corrected chi connectivity index (χ2v) is 5.09. The molecule has 1 N–H and O–H groups in total. The number of ether oxygens (including phenoxy) is 1. The van der Waals surface area contributed by atoms with Crippen LogP contribution in [0.25, 0.3) is 10.9 Å². The molecule has 0 radical (unpaired) electrons. The van der Waals surface area contributed by atoms with Crippen LogP contribution < -0.4 is 10.1 Å². The van der Waals surface area contributed by atoms with E-state index in [4.69, 9.17) is 16.3 Å². The van der Waals surface area contributed by atoms with Crippen LogP contribution in [0.2, 0.25) is 5.02 Å². The van der Waals surface area contributed by atoms with Gasteiger partial charge in [-0.25, -0.2) is 0 Å². The Balaban J connectivity index is 0.00000192. The Morgan fingerprint density at radius 2 is 2.00 bits per heavy atom. The third-order valence-electron chi connectivity index (χ3n) is 3.29. The molecule has 0 spiro atoms. The van der Waals surface area contributed by atoms with E-state index in [0.717, 1.165) is 11.1 Å². The number of hydrogen-bond acceptors (Lipinski definition) is 4. The summed E-state index contributed by atoms with van der Waals surface area (Å²) in [6, 6.07) is 15.1. The van der Waals surface area contributed by atoms with Gasteiger partial charge in [-0.05, 0) is 24.3 Å². The van der Waals surface area contributed by atoms with Gasteiger partial charge in [0.15, 0.2) is 0 Å². The molecule has 3 aromatic rings. The number of para-hydroxylation sites is 1. The standard InChI is InChI=1S/C17H12ClN3O.ClH/c1-22-15-7-3-6-14-16(11(9-19)10-20-17(14)15)21-13-5-2-4-12(18)8-13;/h2-8,10H,1H3,(H,20,21);1H. The van der Waals surface area contributed by atoms with E-state index < -0.39 is 0 Å². The second-order valence-electron chi connectivity index (χ2n) is 4.65. The number of nitrogens with zero attached hydrogens (tertiary/aromatic N) is 2. The Labute approximate surface area is 145 Å². The number of halogens is 2. The minimum Gasteiger partial charge on any atom is -0.494 e. The molecule has 0 aliphatic heterocycles. The predicted molar refractivity (Wildman–Crippen MR) is 95.0 cm³/mol. The molecule has 0 saturated carbocycles. The van der Waals surface area contributed by atoms with Crippen LogP contribution >= 0.6 is 24.0 Å². The summed E-state index contributed by atoms with van der Waals surface area (Å²) in [6.07, 6.45) is 1.54. The highest BCUT2D eigenvalue weighted by molar-refractivity contribution is 6.30. The van der Waals surface area contributed by atoms with Gasteiger partial charge in [0, 0.05) is 22.3 Å². The van der Waals surface area contributed by atoms with Crippen LogP contribution in [0.3, 0.4) is 0 Å². The Bertz CT molecular complexity index is 891. The molecule has 0 aliphatic carbocycles.